The van der Waals surface area contributed by atoms with Crippen LogP contribution in [0.25, 0.3) is 0 Å². The molecule has 1 aliphatic carbocycles. The van der Waals surface area contributed by atoms with Gasteiger partial charge in [-0.15, -0.1) is 12.4 Å². The Morgan fingerprint density at radius 1 is 1.42 bits per heavy atom. The molecule has 1 atom stereocenters. The standard InChI is InChI=1S/C12H19N3O2S.ClH/c1-2-14-18(16,17)15-12-5-3-4-9-8-10(13)6-7-11(9)12;/h6-8,12,14-15H,2-5,13H2,1H3;1H. The Bertz CT molecular complexity index is 534. The number of hydrogen-bond acceptors (Lipinski definition) is 3. The number of rotatable bonds is 4. The Balaban J connectivity index is 0.00000180. The first kappa shape index (κ1) is 16.2. The zero-order chi connectivity index (χ0) is 13.2. The maximum absolute atomic E-state index is 11.7. The first-order chi connectivity index (χ1) is 8.52. The molecule has 1 unspecified atom stereocenters. The molecule has 1 aromatic rings. The van der Waals surface area contributed by atoms with Crippen LogP contribution in [0, 0.1) is 0 Å². The Morgan fingerprint density at radius 2 is 2.16 bits per heavy atom. The predicted molar refractivity (Wildman–Crippen MR) is 79.5 cm³/mol. The quantitative estimate of drug-likeness (QED) is 0.737. The molecule has 0 bridgehead atoms. The highest BCUT2D eigenvalue weighted by Crippen LogP contribution is 2.31. The molecule has 2 rings (SSSR count). The van der Waals surface area contributed by atoms with Crippen LogP contribution in [-0.4, -0.2) is 15.0 Å². The predicted octanol–water partition coefficient (Wildman–Crippen LogP) is 1.51. The molecule has 1 aromatic carbocycles. The zero-order valence-corrected chi connectivity index (χ0v) is 12.5. The van der Waals surface area contributed by atoms with Gasteiger partial charge in [-0.25, -0.2) is 4.72 Å². The van der Waals surface area contributed by atoms with Crippen molar-refractivity contribution < 1.29 is 8.42 Å². The van der Waals surface area contributed by atoms with E-state index in [1.165, 1.54) is 0 Å². The van der Waals surface area contributed by atoms with Gasteiger partial charge in [-0.3, -0.25) is 0 Å². The van der Waals surface area contributed by atoms with Gasteiger partial charge >= 0.3 is 0 Å². The van der Waals surface area contributed by atoms with E-state index < -0.39 is 10.2 Å². The van der Waals surface area contributed by atoms with E-state index in [0.29, 0.717) is 6.54 Å². The highest BCUT2D eigenvalue weighted by atomic mass is 35.5. The molecule has 0 amide bonds. The summed E-state index contributed by atoms with van der Waals surface area (Å²) in [6.07, 6.45) is 2.75. The molecule has 7 heteroatoms. The second-order valence-electron chi connectivity index (χ2n) is 4.52. The normalized spacial score (nSPS) is 18.5. The molecule has 0 saturated carbocycles. The second-order valence-corrected chi connectivity index (χ2v) is 6.05. The Morgan fingerprint density at radius 3 is 2.84 bits per heavy atom. The molecule has 0 aliphatic heterocycles. The van der Waals surface area contributed by atoms with Gasteiger partial charge < -0.3 is 5.73 Å². The van der Waals surface area contributed by atoms with Crippen LogP contribution in [0.1, 0.15) is 36.9 Å². The molecular weight excluding hydrogens is 286 g/mol. The number of nitrogen functional groups attached to an aromatic ring is 1. The molecule has 0 heterocycles. The number of nitrogens with two attached hydrogens (primary N) is 1. The highest BCUT2D eigenvalue weighted by molar-refractivity contribution is 7.87. The largest absolute Gasteiger partial charge is 0.399 e. The highest BCUT2D eigenvalue weighted by Gasteiger charge is 2.24. The van der Waals surface area contributed by atoms with Gasteiger partial charge in [0.1, 0.15) is 0 Å². The first-order valence-corrected chi connectivity index (χ1v) is 7.65. The Labute approximate surface area is 120 Å². The number of aryl methyl sites for hydroxylation is 1. The van der Waals surface area contributed by atoms with Crippen molar-refractivity contribution in [3.63, 3.8) is 0 Å². The maximum Gasteiger partial charge on any atom is 0.277 e. The van der Waals surface area contributed by atoms with Crippen molar-refractivity contribution >= 4 is 28.3 Å². The van der Waals surface area contributed by atoms with Gasteiger partial charge in [-0.2, -0.15) is 13.1 Å². The fourth-order valence-electron chi connectivity index (χ4n) is 2.38. The molecule has 5 nitrogen and oxygen atoms in total. The third kappa shape index (κ3) is 4.07. The van der Waals surface area contributed by atoms with Crippen LogP contribution < -0.4 is 15.2 Å². The van der Waals surface area contributed by atoms with E-state index in [-0.39, 0.29) is 18.4 Å². The molecule has 0 saturated heterocycles. The summed E-state index contributed by atoms with van der Waals surface area (Å²) in [6.45, 7) is 2.14. The van der Waals surface area contributed by atoms with Crippen molar-refractivity contribution in [2.45, 2.75) is 32.2 Å². The lowest BCUT2D eigenvalue weighted by Gasteiger charge is -2.26. The van der Waals surface area contributed by atoms with Crippen molar-refractivity contribution in [2.75, 3.05) is 12.3 Å². The number of benzene rings is 1. The van der Waals surface area contributed by atoms with Crippen LogP contribution in [0.5, 0.6) is 0 Å². The summed E-state index contributed by atoms with van der Waals surface area (Å²) in [5, 5.41) is 0. The van der Waals surface area contributed by atoms with Gasteiger partial charge in [0.15, 0.2) is 0 Å². The summed E-state index contributed by atoms with van der Waals surface area (Å²) < 4.78 is 28.6. The van der Waals surface area contributed by atoms with Crippen LogP contribution in [0.4, 0.5) is 5.69 Å². The lowest BCUT2D eigenvalue weighted by molar-refractivity contribution is 0.501. The van der Waals surface area contributed by atoms with Gasteiger partial charge in [0.2, 0.25) is 0 Å². The minimum absolute atomic E-state index is 0. The molecule has 0 aromatic heterocycles. The molecule has 108 valence electrons. The van der Waals surface area contributed by atoms with Gasteiger partial charge in [0, 0.05) is 18.3 Å². The average Bonchev–Trinajstić information content (AvgIpc) is 2.28. The number of hydrogen-bond donors (Lipinski definition) is 3. The Kier molecular flexibility index (Phi) is 5.61. The van der Waals surface area contributed by atoms with E-state index in [4.69, 9.17) is 5.73 Å². The van der Waals surface area contributed by atoms with Crippen molar-refractivity contribution in [1.82, 2.24) is 9.44 Å². The minimum Gasteiger partial charge on any atom is -0.399 e. The Hall–Kier alpha value is -0.820. The number of fused-ring (bicyclic) bond motifs is 1. The lowest BCUT2D eigenvalue weighted by Crippen LogP contribution is -2.39. The van der Waals surface area contributed by atoms with Gasteiger partial charge in [0.05, 0.1) is 0 Å². The molecule has 19 heavy (non-hydrogen) atoms. The van der Waals surface area contributed by atoms with Crippen molar-refractivity contribution in [2.24, 2.45) is 0 Å². The SMILES string of the molecule is CCNS(=O)(=O)NC1CCCc2cc(N)ccc21.Cl. The van der Waals surface area contributed by atoms with Gasteiger partial charge in [-0.05, 0) is 42.5 Å². The molecule has 0 spiro atoms. The van der Waals surface area contributed by atoms with Crippen LogP contribution in [0.3, 0.4) is 0 Å². The van der Waals surface area contributed by atoms with Crippen molar-refractivity contribution in [3.05, 3.63) is 29.3 Å². The van der Waals surface area contributed by atoms with Crippen molar-refractivity contribution in [3.8, 4) is 0 Å². The summed E-state index contributed by atoms with van der Waals surface area (Å²) >= 11 is 0. The molecule has 0 fully saturated rings. The number of halogens is 1. The van der Waals surface area contributed by atoms with E-state index in [9.17, 15) is 8.42 Å². The molecule has 1 aliphatic rings. The summed E-state index contributed by atoms with van der Waals surface area (Å²) in [5.74, 6) is 0. The maximum atomic E-state index is 11.7. The zero-order valence-electron chi connectivity index (χ0n) is 10.8. The number of nitrogens with one attached hydrogen (secondary N) is 2. The van der Waals surface area contributed by atoms with Gasteiger partial charge in [0.25, 0.3) is 10.2 Å². The smallest absolute Gasteiger partial charge is 0.277 e. The van der Waals surface area contributed by atoms with E-state index in [0.717, 1.165) is 36.1 Å². The number of anilines is 1. The topological polar surface area (TPSA) is 84.2 Å². The van der Waals surface area contributed by atoms with Crippen LogP contribution in [0.15, 0.2) is 18.2 Å². The molecule has 4 N–H and O–H groups in total. The summed E-state index contributed by atoms with van der Waals surface area (Å²) in [4.78, 5) is 0. The fourth-order valence-corrected chi connectivity index (χ4v) is 3.46. The van der Waals surface area contributed by atoms with Crippen LogP contribution >= 0.6 is 12.4 Å². The van der Waals surface area contributed by atoms with E-state index >= 15 is 0 Å². The lowest BCUT2D eigenvalue weighted by atomic mass is 9.88. The van der Waals surface area contributed by atoms with Gasteiger partial charge in [-0.1, -0.05) is 13.0 Å². The monoisotopic (exact) mass is 305 g/mol. The van der Waals surface area contributed by atoms with Crippen LogP contribution in [-0.2, 0) is 16.6 Å². The first-order valence-electron chi connectivity index (χ1n) is 6.17. The summed E-state index contributed by atoms with van der Waals surface area (Å²) in [5.41, 5.74) is 8.66. The summed E-state index contributed by atoms with van der Waals surface area (Å²) in [7, 11) is -3.42. The fraction of sp³-hybridized carbons (Fsp3) is 0.500. The molecular formula is C12H20ClN3O2S. The molecule has 0 radical (unpaired) electrons. The van der Waals surface area contributed by atoms with E-state index in [1.54, 1.807) is 6.92 Å². The average molecular weight is 306 g/mol. The van der Waals surface area contributed by atoms with Crippen molar-refractivity contribution in [1.29, 1.82) is 0 Å². The third-order valence-corrected chi connectivity index (χ3v) is 4.38. The summed E-state index contributed by atoms with van der Waals surface area (Å²) in [6, 6.07) is 5.52. The minimum atomic E-state index is -3.42. The van der Waals surface area contributed by atoms with E-state index in [2.05, 4.69) is 9.44 Å². The van der Waals surface area contributed by atoms with E-state index in [1.807, 2.05) is 18.2 Å². The van der Waals surface area contributed by atoms with Crippen LogP contribution in [0.2, 0.25) is 0 Å². The third-order valence-electron chi connectivity index (χ3n) is 3.11. The second kappa shape index (κ2) is 6.56.